The second kappa shape index (κ2) is 10.4. The summed E-state index contributed by atoms with van der Waals surface area (Å²) in [6.07, 6.45) is 10.6. The topological polar surface area (TPSA) is 98.5 Å². The number of nitrogens with one attached hydrogen (secondary N) is 1. The summed E-state index contributed by atoms with van der Waals surface area (Å²) in [4.78, 5) is 37.7. The van der Waals surface area contributed by atoms with E-state index >= 15 is 0 Å². The number of Topliss-reactive ketones (excluding diaryl/α,β-unsaturated/α-hetero) is 1. The van der Waals surface area contributed by atoms with Crippen LogP contribution in [-0.4, -0.2) is 35.8 Å². The van der Waals surface area contributed by atoms with Crippen LogP contribution in [0.1, 0.15) is 106 Å². The van der Waals surface area contributed by atoms with Gasteiger partial charge in [-0.1, -0.05) is 27.7 Å². The third-order valence-corrected chi connectivity index (χ3v) is 11.1. The zero-order chi connectivity index (χ0) is 26.4. The molecule has 4 aliphatic rings. The van der Waals surface area contributed by atoms with E-state index in [1.807, 2.05) is 13.8 Å². The van der Waals surface area contributed by atoms with Gasteiger partial charge < -0.3 is 15.8 Å². The highest BCUT2D eigenvalue weighted by Gasteiger charge is 2.61. The lowest BCUT2D eigenvalue weighted by Crippen LogP contribution is -2.55. The van der Waals surface area contributed by atoms with Crippen molar-refractivity contribution in [3.63, 3.8) is 0 Å². The number of carbonyl (C=O) groups is 3. The quantitative estimate of drug-likeness (QED) is 0.476. The van der Waals surface area contributed by atoms with E-state index in [0.717, 1.165) is 37.5 Å². The molecule has 3 N–H and O–H groups in total. The number of hydrogen-bond donors (Lipinski definition) is 2. The molecule has 0 aromatic heterocycles. The second-order valence-corrected chi connectivity index (χ2v) is 13.8. The smallest absolute Gasteiger partial charge is 0.328 e. The summed E-state index contributed by atoms with van der Waals surface area (Å²) >= 11 is 0. The maximum atomic E-state index is 13.1. The van der Waals surface area contributed by atoms with Crippen LogP contribution in [-0.2, 0) is 19.1 Å². The van der Waals surface area contributed by atoms with E-state index < -0.39 is 12.1 Å². The number of nitrogens with two attached hydrogens (primary N) is 1. The largest absolute Gasteiger partial charge is 0.461 e. The first kappa shape index (κ1) is 27.6. The molecule has 0 heterocycles. The van der Waals surface area contributed by atoms with E-state index in [0.29, 0.717) is 29.5 Å². The molecule has 4 fully saturated rings. The van der Waals surface area contributed by atoms with E-state index in [9.17, 15) is 14.4 Å². The molecule has 0 saturated heterocycles. The van der Waals surface area contributed by atoms with Gasteiger partial charge in [-0.15, -0.1) is 0 Å². The molecule has 0 radical (unpaired) electrons. The molecule has 6 heteroatoms. The van der Waals surface area contributed by atoms with Gasteiger partial charge in [-0.25, -0.2) is 4.79 Å². The van der Waals surface area contributed by atoms with Crippen LogP contribution in [0.2, 0.25) is 0 Å². The fraction of sp³-hybridized carbons (Fsp3) is 0.900. The minimum atomic E-state index is -0.652. The van der Waals surface area contributed by atoms with Gasteiger partial charge in [-0.2, -0.15) is 0 Å². The molecule has 0 aromatic rings. The first-order chi connectivity index (χ1) is 16.9. The van der Waals surface area contributed by atoms with E-state index in [2.05, 4.69) is 19.2 Å². The van der Waals surface area contributed by atoms with Gasteiger partial charge in [0.05, 0.1) is 6.04 Å². The molecular weight excluding hydrogens is 452 g/mol. The average Bonchev–Trinajstić information content (AvgIpc) is 3.16. The summed E-state index contributed by atoms with van der Waals surface area (Å²) < 4.78 is 6.06. The molecule has 0 unspecified atom stereocenters. The van der Waals surface area contributed by atoms with Crippen molar-refractivity contribution in [1.82, 2.24) is 5.32 Å². The van der Waals surface area contributed by atoms with E-state index in [4.69, 9.17) is 10.5 Å². The number of carbonyl (C=O) groups excluding carboxylic acids is 3. The Labute approximate surface area is 218 Å². The van der Waals surface area contributed by atoms with Gasteiger partial charge in [-0.05, 0) is 118 Å². The van der Waals surface area contributed by atoms with Crippen LogP contribution in [0.3, 0.4) is 0 Å². The van der Waals surface area contributed by atoms with Crippen LogP contribution in [0.5, 0.6) is 0 Å². The number of esters is 1. The lowest BCUT2D eigenvalue weighted by Gasteiger charge is -2.61. The predicted molar refractivity (Wildman–Crippen MR) is 141 cm³/mol. The van der Waals surface area contributed by atoms with Crippen molar-refractivity contribution >= 4 is 17.7 Å². The lowest BCUT2D eigenvalue weighted by atomic mass is 9.44. The van der Waals surface area contributed by atoms with Crippen LogP contribution in [0.25, 0.3) is 0 Å². The summed E-state index contributed by atoms with van der Waals surface area (Å²) in [5.41, 5.74) is 6.21. The molecule has 4 rings (SSSR count). The molecule has 0 bridgehead atoms. The zero-order valence-electron chi connectivity index (χ0n) is 23.5. The van der Waals surface area contributed by atoms with Crippen LogP contribution < -0.4 is 11.1 Å². The Hall–Kier alpha value is -1.43. The molecule has 1 amide bonds. The standard InChI is InChI=1S/C30H50N2O4/c1-17(2)15-26(32-27(34)18(3)31)28(35)36-21-11-13-29(5)20(16-21)7-8-22-24-10-9-23(19(4)33)30(24,6)14-12-25(22)29/h17-18,20-26H,7-16,31H2,1-6H3,(H,32,34)/t18-,20-,21+,22-,23+,24-,25-,26-,29-,30+/m0/s1. The Morgan fingerprint density at radius 2 is 1.61 bits per heavy atom. The highest BCUT2D eigenvalue weighted by molar-refractivity contribution is 5.87. The fourth-order valence-electron chi connectivity index (χ4n) is 9.23. The summed E-state index contributed by atoms with van der Waals surface area (Å²) in [5, 5.41) is 2.81. The van der Waals surface area contributed by atoms with Gasteiger partial charge in [-0.3, -0.25) is 9.59 Å². The van der Waals surface area contributed by atoms with Crippen molar-refractivity contribution < 1.29 is 19.1 Å². The lowest BCUT2D eigenvalue weighted by molar-refractivity contribution is -0.166. The summed E-state index contributed by atoms with van der Waals surface area (Å²) in [6, 6.07) is -1.29. The normalized spacial score (nSPS) is 41.4. The monoisotopic (exact) mass is 502 g/mol. The van der Waals surface area contributed by atoms with Crippen LogP contribution >= 0.6 is 0 Å². The number of fused-ring (bicyclic) bond motifs is 5. The Kier molecular flexibility index (Phi) is 7.96. The Bertz CT molecular complexity index is 856. The molecular formula is C30H50N2O4. The maximum Gasteiger partial charge on any atom is 0.328 e. The highest BCUT2D eigenvalue weighted by atomic mass is 16.5. The predicted octanol–water partition coefficient (Wildman–Crippen LogP) is 5.02. The average molecular weight is 503 g/mol. The van der Waals surface area contributed by atoms with Gasteiger partial charge >= 0.3 is 5.97 Å². The number of ether oxygens (including phenoxy) is 1. The molecule has 6 nitrogen and oxygen atoms in total. The Balaban J connectivity index is 1.41. The second-order valence-electron chi connectivity index (χ2n) is 13.8. The number of ketones is 1. The first-order valence-electron chi connectivity index (χ1n) is 14.6. The zero-order valence-corrected chi connectivity index (χ0v) is 23.5. The van der Waals surface area contributed by atoms with Gasteiger partial charge in [0.2, 0.25) is 5.91 Å². The van der Waals surface area contributed by atoms with Crippen molar-refractivity contribution in [2.45, 2.75) is 124 Å². The Morgan fingerprint density at radius 3 is 2.25 bits per heavy atom. The molecule has 0 aliphatic heterocycles. The highest BCUT2D eigenvalue weighted by Crippen LogP contribution is 2.67. The maximum absolute atomic E-state index is 13.1. The third-order valence-electron chi connectivity index (χ3n) is 11.1. The summed E-state index contributed by atoms with van der Waals surface area (Å²) in [6.45, 7) is 12.4. The number of hydrogen-bond acceptors (Lipinski definition) is 5. The van der Waals surface area contributed by atoms with Crippen molar-refractivity contribution in [2.24, 2.45) is 52.1 Å². The van der Waals surface area contributed by atoms with E-state index in [1.54, 1.807) is 13.8 Å². The van der Waals surface area contributed by atoms with E-state index in [-0.39, 0.29) is 35.2 Å². The molecule has 4 saturated carbocycles. The summed E-state index contributed by atoms with van der Waals surface area (Å²) in [7, 11) is 0. The molecule has 10 atom stereocenters. The summed E-state index contributed by atoms with van der Waals surface area (Å²) in [5.74, 6) is 3.00. The van der Waals surface area contributed by atoms with Crippen molar-refractivity contribution in [1.29, 1.82) is 0 Å². The number of rotatable bonds is 7. The third kappa shape index (κ3) is 5.00. The molecule has 204 valence electrons. The minimum absolute atomic E-state index is 0.0728. The van der Waals surface area contributed by atoms with Crippen molar-refractivity contribution in [3.05, 3.63) is 0 Å². The number of amides is 1. The SMILES string of the molecule is CC(=O)[C@H]1CC[C@H]2[C@@H]3CC[C@H]4C[C@H](OC(=O)[C@H](CC(C)C)NC(=O)[C@H](C)N)CC[C@]4(C)[C@H]3CC[C@]12C. The molecule has 0 spiro atoms. The first-order valence-corrected chi connectivity index (χ1v) is 14.6. The van der Waals surface area contributed by atoms with Crippen LogP contribution in [0.4, 0.5) is 0 Å². The molecule has 36 heavy (non-hydrogen) atoms. The van der Waals surface area contributed by atoms with Gasteiger partial charge in [0.1, 0.15) is 17.9 Å². The van der Waals surface area contributed by atoms with Crippen LogP contribution in [0, 0.1) is 46.3 Å². The van der Waals surface area contributed by atoms with E-state index in [1.165, 1.54) is 32.1 Å². The van der Waals surface area contributed by atoms with Gasteiger partial charge in [0, 0.05) is 5.92 Å². The molecule has 4 aliphatic carbocycles. The Morgan fingerprint density at radius 1 is 0.944 bits per heavy atom. The van der Waals surface area contributed by atoms with Gasteiger partial charge in [0.15, 0.2) is 0 Å². The van der Waals surface area contributed by atoms with Crippen LogP contribution in [0.15, 0.2) is 0 Å². The molecule has 0 aromatic carbocycles. The minimum Gasteiger partial charge on any atom is -0.461 e. The van der Waals surface area contributed by atoms with Crippen molar-refractivity contribution in [3.8, 4) is 0 Å². The van der Waals surface area contributed by atoms with Crippen molar-refractivity contribution in [2.75, 3.05) is 0 Å². The fourth-order valence-corrected chi connectivity index (χ4v) is 9.23. The van der Waals surface area contributed by atoms with Gasteiger partial charge in [0.25, 0.3) is 0 Å².